The first-order chi connectivity index (χ1) is 6.34. The molecule has 1 heterocycles. The summed E-state index contributed by atoms with van der Waals surface area (Å²) in [5, 5.41) is 2.71. The van der Waals surface area contributed by atoms with Gasteiger partial charge in [0.05, 0.1) is 0 Å². The highest BCUT2D eigenvalue weighted by atomic mass is 32.1. The third-order valence-corrected chi connectivity index (χ3v) is 3.00. The van der Waals surface area contributed by atoms with Crippen molar-refractivity contribution in [1.29, 1.82) is 0 Å². The lowest BCUT2D eigenvalue weighted by atomic mass is 9.94. The zero-order valence-electron chi connectivity index (χ0n) is 7.48. The van der Waals surface area contributed by atoms with E-state index in [1.165, 1.54) is 6.42 Å². The van der Waals surface area contributed by atoms with E-state index in [1.807, 2.05) is 5.38 Å². The number of hydrogen-bond acceptors (Lipinski definition) is 4. The molecule has 0 radical (unpaired) electrons. The molecule has 2 rings (SSSR count). The van der Waals surface area contributed by atoms with Gasteiger partial charge in [-0.1, -0.05) is 11.3 Å². The maximum Gasteiger partial charge on any atom is 0.273 e. The Kier molecular flexibility index (Phi) is 2.80. The first-order valence-electron chi connectivity index (χ1n) is 4.66. The van der Waals surface area contributed by atoms with E-state index in [1.54, 1.807) is 17.5 Å². The van der Waals surface area contributed by atoms with Crippen LogP contribution in [-0.2, 0) is 0 Å². The molecule has 2 N–H and O–H groups in total. The van der Waals surface area contributed by atoms with Gasteiger partial charge in [-0.3, -0.25) is 0 Å². The van der Waals surface area contributed by atoms with Crippen LogP contribution in [0, 0.1) is 0 Å². The fraction of sp³-hybridized carbons (Fsp3) is 0.667. The Bertz CT molecular complexity index is 250. The van der Waals surface area contributed by atoms with Crippen molar-refractivity contribution in [3.63, 3.8) is 0 Å². The van der Waals surface area contributed by atoms with Gasteiger partial charge in [0.2, 0.25) is 0 Å². The lowest BCUT2D eigenvalue weighted by Gasteiger charge is -2.25. The van der Waals surface area contributed by atoms with E-state index in [2.05, 4.69) is 4.98 Å². The van der Waals surface area contributed by atoms with E-state index in [0.29, 0.717) is 6.04 Å². The molecule has 0 spiro atoms. The Morgan fingerprint density at radius 2 is 2.46 bits per heavy atom. The number of hydrogen-bond donors (Lipinski definition) is 1. The molecule has 1 aromatic rings. The van der Waals surface area contributed by atoms with Gasteiger partial charge >= 0.3 is 0 Å². The topological polar surface area (TPSA) is 48.1 Å². The third kappa shape index (κ3) is 2.42. The largest absolute Gasteiger partial charge is 0.467 e. The summed E-state index contributed by atoms with van der Waals surface area (Å²) in [4.78, 5) is 4.09. The van der Waals surface area contributed by atoms with Crippen LogP contribution in [0.1, 0.15) is 25.7 Å². The molecule has 0 bridgehead atoms. The zero-order chi connectivity index (χ0) is 9.10. The minimum Gasteiger partial charge on any atom is -0.467 e. The zero-order valence-corrected chi connectivity index (χ0v) is 8.30. The normalized spacial score (nSPS) is 28.7. The van der Waals surface area contributed by atoms with Crippen molar-refractivity contribution in [2.24, 2.45) is 5.73 Å². The molecule has 1 saturated carbocycles. The minimum absolute atomic E-state index is 0.287. The van der Waals surface area contributed by atoms with Gasteiger partial charge in [-0.2, -0.15) is 0 Å². The molecule has 1 fully saturated rings. The average Bonchev–Trinajstić information content (AvgIpc) is 2.57. The predicted octanol–water partition coefficient (Wildman–Crippen LogP) is 1.79. The molecule has 1 aliphatic rings. The Hall–Kier alpha value is -0.610. The van der Waals surface area contributed by atoms with E-state index >= 15 is 0 Å². The Labute approximate surface area is 81.9 Å². The van der Waals surface area contributed by atoms with E-state index < -0.39 is 0 Å². The SMILES string of the molecule is NC1CCCC(Oc2nccs2)C1. The maximum atomic E-state index is 5.86. The van der Waals surface area contributed by atoms with E-state index in [0.717, 1.165) is 24.5 Å². The van der Waals surface area contributed by atoms with Crippen molar-refractivity contribution in [3.8, 4) is 5.19 Å². The van der Waals surface area contributed by atoms with Crippen LogP contribution in [0.15, 0.2) is 11.6 Å². The molecule has 0 saturated heterocycles. The van der Waals surface area contributed by atoms with Crippen LogP contribution in [0.2, 0.25) is 0 Å². The molecule has 4 heteroatoms. The lowest BCUT2D eigenvalue weighted by molar-refractivity contribution is 0.144. The second-order valence-electron chi connectivity index (χ2n) is 3.46. The van der Waals surface area contributed by atoms with Crippen molar-refractivity contribution < 1.29 is 4.74 Å². The highest BCUT2D eigenvalue weighted by molar-refractivity contribution is 7.11. The van der Waals surface area contributed by atoms with Crippen LogP contribution in [0.5, 0.6) is 5.19 Å². The van der Waals surface area contributed by atoms with Gasteiger partial charge in [0, 0.05) is 17.6 Å². The van der Waals surface area contributed by atoms with E-state index in [-0.39, 0.29) is 6.10 Å². The molecular weight excluding hydrogens is 184 g/mol. The summed E-state index contributed by atoms with van der Waals surface area (Å²) < 4.78 is 5.69. The highest BCUT2D eigenvalue weighted by Gasteiger charge is 2.20. The number of rotatable bonds is 2. The molecule has 0 aromatic carbocycles. The summed E-state index contributed by atoms with van der Waals surface area (Å²) in [7, 11) is 0. The summed E-state index contributed by atoms with van der Waals surface area (Å²) in [6.07, 6.45) is 6.46. The van der Waals surface area contributed by atoms with Crippen LogP contribution in [0.4, 0.5) is 0 Å². The van der Waals surface area contributed by atoms with Crippen LogP contribution >= 0.6 is 11.3 Å². The van der Waals surface area contributed by atoms with Crippen molar-refractivity contribution in [2.75, 3.05) is 0 Å². The quantitative estimate of drug-likeness (QED) is 0.788. The van der Waals surface area contributed by atoms with Gasteiger partial charge in [-0.15, -0.1) is 0 Å². The average molecular weight is 198 g/mol. The molecular formula is C9H14N2OS. The standard InChI is InChI=1S/C9H14N2OS/c10-7-2-1-3-8(6-7)12-9-11-4-5-13-9/h4-5,7-8H,1-3,6,10H2. The van der Waals surface area contributed by atoms with Crippen molar-refractivity contribution >= 4 is 11.3 Å². The summed E-state index contributed by atoms with van der Waals surface area (Å²) in [6.45, 7) is 0. The van der Waals surface area contributed by atoms with Gasteiger partial charge in [0.25, 0.3) is 5.19 Å². The fourth-order valence-electron chi connectivity index (χ4n) is 1.70. The Morgan fingerprint density at radius 1 is 1.54 bits per heavy atom. The molecule has 0 aliphatic heterocycles. The molecule has 13 heavy (non-hydrogen) atoms. The third-order valence-electron chi connectivity index (χ3n) is 2.34. The number of nitrogens with zero attached hydrogens (tertiary/aromatic N) is 1. The molecule has 1 aromatic heterocycles. The number of nitrogens with two attached hydrogens (primary N) is 1. The van der Waals surface area contributed by atoms with Gasteiger partial charge < -0.3 is 10.5 Å². The predicted molar refractivity (Wildman–Crippen MR) is 53.0 cm³/mol. The number of aromatic nitrogens is 1. The first-order valence-corrected chi connectivity index (χ1v) is 5.54. The lowest BCUT2D eigenvalue weighted by Crippen LogP contribution is -2.33. The van der Waals surface area contributed by atoms with Gasteiger partial charge in [-0.25, -0.2) is 4.98 Å². The molecule has 2 unspecified atom stereocenters. The summed E-state index contributed by atoms with van der Waals surface area (Å²) in [5.41, 5.74) is 5.86. The first kappa shape index (κ1) is 8.97. The minimum atomic E-state index is 0.287. The van der Waals surface area contributed by atoms with Crippen LogP contribution in [0.3, 0.4) is 0 Å². The second kappa shape index (κ2) is 4.07. The van der Waals surface area contributed by atoms with Gasteiger partial charge in [0.15, 0.2) is 0 Å². The molecule has 2 atom stereocenters. The monoisotopic (exact) mass is 198 g/mol. The molecule has 0 amide bonds. The summed E-state index contributed by atoms with van der Waals surface area (Å²) >= 11 is 1.54. The Morgan fingerprint density at radius 3 is 3.15 bits per heavy atom. The summed E-state index contributed by atoms with van der Waals surface area (Å²) in [6, 6.07) is 0.318. The van der Waals surface area contributed by atoms with Crippen molar-refractivity contribution in [3.05, 3.63) is 11.6 Å². The maximum absolute atomic E-state index is 5.86. The summed E-state index contributed by atoms with van der Waals surface area (Å²) in [5.74, 6) is 0. The number of thiazole rings is 1. The van der Waals surface area contributed by atoms with Gasteiger partial charge in [-0.05, 0) is 25.7 Å². The van der Waals surface area contributed by atoms with Crippen LogP contribution < -0.4 is 10.5 Å². The number of ether oxygens (including phenoxy) is 1. The van der Waals surface area contributed by atoms with Crippen LogP contribution in [-0.4, -0.2) is 17.1 Å². The van der Waals surface area contributed by atoms with Crippen molar-refractivity contribution in [1.82, 2.24) is 4.98 Å². The smallest absolute Gasteiger partial charge is 0.273 e. The fourth-order valence-corrected chi connectivity index (χ4v) is 2.25. The second-order valence-corrected chi connectivity index (χ2v) is 4.32. The van der Waals surface area contributed by atoms with Crippen LogP contribution in [0.25, 0.3) is 0 Å². The molecule has 72 valence electrons. The van der Waals surface area contributed by atoms with Crippen molar-refractivity contribution in [2.45, 2.75) is 37.8 Å². The van der Waals surface area contributed by atoms with Gasteiger partial charge in [0.1, 0.15) is 6.10 Å². The molecule has 1 aliphatic carbocycles. The highest BCUT2D eigenvalue weighted by Crippen LogP contribution is 2.23. The van der Waals surface area contributed by atoms with E-state index in [9.17, 15) is 0 Å². The molecule has 3 nitrogen and oxygen atoms in total. The van der Waals surface area contributed by atoms with E-state index in [4.69, 9.17) is 10.5 Å². The Balaban J connectivity index is 1.87.